The number of fused-ring (bicyclic) bond motifs is 3. The van der Waals surface area contributed by atoms with Gasteiger partial charge in [0.05, 0.1) is 5.69 Å². The van der Waals surface area contributed by atoms with Crippen LogP contribution in [0.25, 0.3) is 21.9 Å². The van der Waals surface area contributed by atoms with Gasteiger partial charge in [-0.2, -0.15) is 0 Å². The second-order valence-corrected chi connectivity index (χ2v) is 5.78. The summed E-state index contributed by atoms with van der Waals surface area (Å²) in [5.74, 6) is -0.352. The minimum absolute atomic E-state index is 0.315. The van der Waals surface area contributed by atoms with Crippen LogP contribution in [0.2, 0.25) is 0 Å². The lowest BCUT2D eigenvalue weighted by molar-refractivity contribution is 0.632. The molecule has 0 saturated carbocycles. The van der Waals surface area contributed by atoms with E-state index < -0.39 is 0 Å². The SMILES string of the molecule is Fc1ccccc1NC(=S)Nc1ccc2c(c1)oc1ccccc12. The maximum absolute atomic E-state index is 13.7. The summed E-state index contributed by atoms with van der Waals surface area (Å²) in [7, 11) is 0. The molecule has 5 heteroatoms. The van der Waals surface area contributed by atoms with Crippen molar-refractivity contribution in [2.75, 3.05) is 10.6 Å². The minimum atomic E-state index is -0.352. The van der Waals surface area contributed by atoms with Crippen molar-refractivity contribution < 1.29 is 8.81 Å². The number of benzene rings is 3. The topological polar surface area (TPSA) is 37.2 Å². The fourth-order valence-corrected chi connectivity index (χ4v) is 2.88. The van der Waals surface area contributed by atoms with E-state index in [4.69, 9.17) is 16.6 Å². The van der Waals surface area contributed by atoms with Crippen LogP contribution >= 0.6 is 12.2 Å². The van der Waals surface area contributed by atoms with Crippen molar-refractivity contribution in [3.63, 3.8) is 0 Å². The molecular formula is C19H13FN2OS. The first kappa shape index (κ1) is 14.7. The van der Waals surface area contributed by atoms with Crippen molar-refractivity contribution >= 4 is 50.6 Å². The van der Waals surface area contributed by atoms with E-state index in [0.717, 1.165) is 27.6 Å². The Bertz CT molecular complexity index is 1060. The molecule has 0 aliphatic heterocycles. The van der Waals surface area contributed by atoms with Crippen LogP contribution in [0.1, 0.15) is 0 Å². The van der Waals surface area contributed by atoms with E-state index in [1.807, 2.05) is 42.5 Å². The van der Waals surface area contributed by atoms with E-state index in [-0.39, 0.29) is 5.82 Å². The molecule has 4 aromatic rings. The van der Waals surface area contributed by atoms with Crippen LogP contribution in [0.3, 0.4) is 0 Å². The summed E-state index contributed by atoms with van der Waals surface area (Å²) in [6, 6.07) is 20.1. The zero-order valence-electron chi connectivity index (χ0n) is 12.5. The first-order valence-electron chi connectivity index (χ1n) is 7.44. The number of nitrogens with one attached hydrogen (secondary N) is 2. The molecule has 24 heavy (non-hydrogen) atoms. The second-order valence-electron chi connectivity index (χ2n) is 5.37. The molecule has 2 N–H and O–H groups in total. The molecule has 0 amide bonds. The van der Waals surface area contributed by atoms with Gasteiger partial charge in [-0.1, -0.05) is 30.3 Å². The second kappa shape index (κ2) is 5.94. The van der Waals surface area contributed by atoms with Gasteiger partial charge in [0.25, 0.3) is 0 Å². The lowest BCUT2D eigenvalue weighted by Crippen LogP contribution is -2.19. The summed E-state index contributed by atoms with van der Waals surface area (Å²) in [5, 5.41) is 8.33. The molecule has 3 aromatic carbocycles. The fraction of sp³-hybridized carbons (Fsp3) is 0. The molecular weight excluding hydrogens is 323 g/mol. The zero-order chi connectivity index (χ0) is 16.5. The normalized spacial score (nSPS) is 10.9. The Balaban J connectivity index is 1.59. The van der Waals surface area contributed by atoms with Gasteiger partial charge in [-0.05, 0) is 42.5 Å². The van der Waals surface area contributed by atoms with E-state index in [1.54, 1.807) is 18.2 Å². The highest BCUT2D eigenvalue weighted by Crippen LogP contribution is 2.30. The number of furan rings is 1. The Hall–Kier alpha value is -2.92. The van der Waals surface area contributed by atoms with Crippen LogP contribution in [-0.4, -0.2) is 5.11 Å². The summed E-state index contributed by atoms with van der Waals surface area (Å²) in [6.07, 6.45) is 0. The first-order valence-corrected chi connectivity index (χ1v) is 7.85. The van der Waals surface area contributed by atoms with Crippen LogP contribution in [0.4, 0.5) is 15.8 Å². The van der Waals surface area contributed by atoms with E-state index in [2.05, 4.69) is 10.6 Å². The van der Waals surface area contributed by atoms with Gasteiger partial charge in [-0.25, -0.2) is 4.39 Å². The number of thiocarbonyl (C=S) groups is 1. The van der Waals surface area contributed by atoms with Gasteiger partial charge in [-0.3, -0.25) is 0 Å². The molecule has 0 saturated heterocycles. The Kier molecular flexibility index (Phi) is 3.63. The van der Waals surface area contributed by atoms with Gasteiger partial charge >= 0.3 is 0 Å². The van der Waals surface area contributed by atoms with E-state index in [9.17, 15) is 4.39 Å². The molecule has 0 fully saturated rings. The van der Waals surface area contributed by atoms with Crippen molar-refractivity contribution in [2.24, 2.45) is 0 Å². The Morgan fingerprint density at radius 3 is 2.46 bits per heavy atom. The molecule has 0 atom stereocenters. The molecule has 3 nitrogen and oxygen atoms in total. The molecule has 1 heterocycles. The first-order chi connectivity index (χ1) is 11.7. The van der Waals surface area contributed by atoms with Crippen LogP contribution in [0, 0.1) is 5.82 Å². The number of para-hydroxylation sites is 2. The van der Waals surface area contributed by atoms with Gasteiger partial charge in [0.2, 0.25) is 0 Å². The fourth-order valence-electron chi connectivity index (χ4n) is 2.65. The maximum Gasteiger partial charge on any atom is 0.175 e. The zero-order valence-corrected chi connectivity index (χ0v) is 13.4. The quantitative estimate of drug-likeness (QED) is 0.472. The van der Waals surface area contributed by atoms with Crippen molar-refractivity contribution in [1.29, 1.82) is 0 Å². The summed E-state index contributed by atoms with van der Waals surface area (Å²) in [6.45, 7) is 0. The highest BCUT2D eigenvalue weighted by molar-refractivity contribution is 7.80. The molecule has 118 valence electrons. The van der Waals surface area contributed by atoms with Gasteiger partial charge in [0.1, 0.15) is 17.0 Å². The molecule has 0 unspecified atom stereocenters. The number of hydrogen-bond acceptors (Lipinski definition) is 2. The minimum Gasteiger partial charge on any atom is -0.456 e. The molecule has 4 rings (SSSR count). The van der Waals surface area contributed by atoms with Gasteiger partial charge in [0, 0.05) is 22.5 Å². The van der Waals surface area contributed by atoms with Crippen molar-refractivity contribution in [3.8, 4) is 0 Å². The Morgan fingerprint density at radius 1 is 0.833 bits per heavy atom. The van der Waals surface area contributed by atoms with Crippen LogP contribution in [0.15, 0.2) is 71.1 Å². The molecule has 0 aliphatic carbocycles. The molecule has 0 bridgehead atoms. The van der Waals surface area contributed by atoms with Crippen molar-refractivity contribution in [2.45, 2.75) is 0 Å². The standard InChI is InChI=1S/C19H13FN2OS/c20-15-6-2-3-7-16(15)22-19(24)21-12-9-10-14-13-5-1-4-8-17(13)23-18(14)11-12/h1-11H,(H2,21,22,24). The predicted molar refractivity (Wildman–Crippen MR) is 100.0 cm³/mol. The average Bonchev–Trinajstić information content (AvgIpc) is 2.94. The highest BCUT2D eigenvalue weighted by Gasteiger charge is 2.08. The van der Waals surface area contributed by atoms with Crippen LogP contribution < -0.4 is 10.6 Å². The van der Waals surface area contributed by atoms with Crippen molar-refractivity contribution in [3.05, 3.63) is 72.5 Å². The van der Waals surface area contributed by atoms with E-state index >= 15 is 0 Å². The smallest absolute Gasteiger partial charge is 0.175 e. The van der Waals surface area contributed by atoms with Gasteiger partial charge in [-0.15, -0.1) is 0 Å². The third kappa shape index (κ3) is 2.70. The van der Waals surface area contributed by atoms with Gasteiger partial charge in [0.15, 0.2) is 5.11 Å². The van der Waals surface area contributed by atoms with E-state index in [0.29, 0.717) is 10.8 Å². The highest BCUT2D eigenvalue weighted by atomic mass is 32.1. The molecule has 1 aromatic heterocycles. The molecule has 0 aliphatic rings. The maximum atomic E-state index is 13.7. The third-order valence-corrected chi connectivity index (χ3v) is 3.96. The molecule has 0 spiro atoms. The number of anilines is 2. The van der Waals surface area contributed by atoms with E-state index in [1.165, 1.54) is 6.07 Å². The summed E-state index contributed by atoms with van der Waals surface area (Å²) >= 11 is 5.25. The third-order valence-electron chi connectivity index (χ3n) is 3.76. The Labute approximate surface area is 143 Å². The summed E-state index contributed by atoms with van der Waals surface area (Å²) < 4.78 is 19.5. The number of rotatable bonds is 2. The summed E-state index contributed by atoms with van der Waals surface area (Å²) in [5.41, 5.74) is 2.72. The molecule has 0 radical (unpaired) electrons. The lowest BCUT2D eigenvalue weighted by Gasteiger charge is -2.11. The largest absolute Gasteiger partial charge is 0.456 e. The predicted octanol–water partition coefficient (Wildman–Crippen LogP) is 5.53. The van der Waals surface area contributed by atoms with Crippen molar-refractivity contribution in [1.82, 2.24) is 0 Å². The Morgan fingerprint density at radius 2 is 1.58 bits per heavy atom. The number of halogens is 1. The average molecular weight is 336 g/mol. The van der Waals surface area contributed by atoms with Gasteiger partial charge < -0.3 is 15.1 Å². The van der Waals surface area contributed by atoms with Crippen LogP contribution in [0.5, 0.6) is 0 Å². The van der Waals surface area contributed by atoms with Crippen LogP contribution in [-0.2, 0) is 0 Å². The lowest BCUT2D eigenvalue weighted by atomic mass is 10.1. The monoisotopic (exact) mass is 336 g/mol. The number of hydrogen-bond donors (Lipinski definition) is 2. The summed E-state index contributed by atoms with van der Waals surface area (Å²) in [4.78, 5) is 0.